The van der Waals surface area contributed by atoms with Gasteiger partial charge in [0.05, 0.1) is 12.2 Å². The SMILES string of the molecule is Cn1nccc1Cn1c(CO)n[nH]c1=S. The van der Waals surface area contributed by atoms with Crippen molar-refractivity contribution in [1.29, 1.82) is 0 Å². The molecule has 0 fully saturated rings. The fourth-order valence-corrected chi connectivity index (χ4v) is 1.57. The van der Waals surface area contributed by atoms with Gasteiger partial charge in [0.15, 0.2) is 10.6 Å². The number of aromatic nitrogens is 5. The van der Waals surface area contributed by atoms with Crippen molar-refractivity contribution in [2.45, 2.75) is 13.2 Å². The number of aryl methyl sites for hydroxylation is 1. The van der Waals surface area contributed by atoms with Crippen molar-refractivity contribution < 1.29 is 5.11 Å². The van der Waals surface area contributed by atoms with Gasteiger partial charge < -0.3 is 5.11 Å². The van der Waals surface area contributed by atoms with E-state index < -0.39 is 0 Å². The molecule has 2 aromatic rings. The highest BCUT2D eigenvalue weighted by molar-refractivity contribution is 7.71. The first-order valence-electron chi connectivity index (χ1n) is 4.44. The number of hydrogen-bond donors (Lipinski definition) is 2. The van der Waals surface area contributed by atoms with Crippen molar-refractivity contribution in [2.75, 3.05) is 0 Å². The molecule has 0 aromatic carbocycles. The molecule has 0 aliphatic heterocycles. The topological polar surface area (TPSA) is 71.7 Å². The Hall–Kier alpha value is -1.47. The van der Waals surface area contributed by atoms with Gasteiger partial charge in [0, 0.05) is 13.2 Å². The van der Waals surface area contributed by atoms with Crippen LogP contribution in [0.4, 0.5) is 0 Å². The fraction of sp³-hybridized carbons (Fsp3) is 0.375. The highest BCUT2D eigenvalue weighted by atomic mass is 32.1. The van der Waals surface area contributed by atoms with E-state index in [1.165, 1.54) is 0 Å². The van der Waals surface area contributed by atoms with E-state index >= 15 is 0 Å². The predicted octanol–water partition coefficient (Wildman–Crippen LogP) is 0.215. The maximum absolute atomic E-state index is 9.06. The molecule has 0 radical (unpaired) electrons. The van der Waals surface area contributed by atoms with Crippen LogP contribution in [0.3, 0.4) is 0 Å². The minimum absolute atomic E-state index is 0.134. The largest absolute Gasteiger partial charge is 0.388 e. The van der Waals surface area contributed by atoms with Gasteiger partial charge in [0.1, 0.15) is 6.61 Å². The summed E-state index contributed by atoms with van der Waals surface area (Å²) in [5.41, 5.74) is 1.00. The Bertz CT molecular complexity index is 511. The van der Waals surface area contributed by atoms with Crippen molar-refractivity contribution >= 4 is 12.2 Å². The zero-order chi connectivity index (χ0) is 10.8. The number of nitrogens with one attached hydrogen (secondary N) is 1. The molecule has 80 valence electrons. The Kier molecular flexibility index (Phi) is 2.65. The van der Waals surface area contributed by atoms with Crippen LogP contribution in [0, 0.1) is 4.77 Å². The molecule has 0 saturated carbocycles. The maximum atomic E-state index is 9.06. The third-order valence-electron chi connectivity index (χ3n) is 2.22. The molecule has 0 aliphatic carbocycles. The van der Waals surface area contributed by atoms with Crippen molar-refractivity contribution in [1.82, 2.24) is 24.5 Å². The van der Waals surface area contributed by atoms with Crippen molar-refractivity contribution in [3.05, 3.63) is 28.6 Å². The molecule has 0 unspecified atom stereocenters. The van der Waals surface area contributed by atoms with Gasteiger partial charge in [-0.25, -0.2) is 0 Å². The second kappa shape index (κ2) is 3.95. The first-order chi connectivity index (χ1) is 7.22. The van der Waals surface area contributed by atoms with E-state index in [0.29, 0.717) is 17.1 Å². The van der Waals surface area contributed by atoms with Crippen LogP contribution in [0.1, 0.15) is 11.5 Å². The number of aliphatic hydroxyl groups is 1. The van der Waals surface area contributed by atoms with Crippen LogP contribution in [0.5, 0.6) is 0 Å². The molecule has 0 aliphatic rings. The lowest BCUT2D eigenvalue weighted by Gasteiger charge is -2.04. The zero-order valence-corrected chi connectivity index (χ0v) is 9.03. The molecule has 15 heavy (non-hydrogen) atoms. The van der Waals surface area contributed by atoms with Gasteiger partial charge in [-0.2, -0.15) is 10.2 Å². The van der Waals surface area contributed by atoms with Gasteiger partial charge in [-0.15, -0.1) is 0 Å². The van der Waals surface area contributed by atoms with Gasteiger partial charge in [-0.05, 0) is 18.3 Å². The van der Waals surface area contributed by atoms with Crippen LogP contribution >= 0.6 is 12.2 Å². The highest BCUT2D eigenvalue weighted by Gasteiger charge is 2.07. The third kappa shape index (κ3) is 1.83. The Morgan fingerprint density at radius 2 is 2.40 bits per heavy atom. The van der Waals surface area contributed by atoms with E-state index in [-0.39, 0.29) is 6.61 Å². The first kappa shape index (κ1) is 10.1. The van der Waals surface area contributed by atoms with Crippen LogP contribution in [0.2, 0.25) is 0 Å². The average molecular weight is 225 g/mol. The lowest BCUT2D eigenvalue weighted by atomic mass is 10.4. The lowest BCUT2D eigenvalue weighted by molar-refractivity contribution is 0.265. The van der Waals surface area contributed by atoms with Crippen molar-refractivity contribution in [3.8, 4) is 0 Å². The molecular weight excluding hydrogens is 214 g/mol. The van der Waals surface area contributed by atoms with Crippen LogP contribution in [-0.2, 0) is 20.2 Å². The van der Waals surface area contributed by atoms with E-state index in [9.17, 15) is 0 Å². The van der Waals surface area contributed by atoms with E-state index in [1.54, 1.807) is 15.4 Å². The highest BCUT2D eigenvalue weighted by Crippen LogP contribution is 2.04. The summed E-state index contributed by atoms with van der Waals surface area (Å²) in [6.45, 7) is 0.423. The fourth-order valence-electron chi connectivity index (χ4n) is 1.35. The molecule has 0 bridgehead atoms. The van der Waals surface area contributed by atoms with E-state index in [0.717, 1.165) is 5.69 Å². The summed E-state index contributed by atoms with van der Waals surface area (Å²) in [6.07, 6.45) is 1.72. The zero-order valence-electron chi connectivity index (χ0n) is 8.21. The third-order valence-corrected chi connectivity index (χ3v) is 2.53. The van der Waals surface area contributed by atoms with Gasteiger partial charge in [-0.1, -0.05) is 0 Å². The first-order valence-corrected chi connectivity index (χ1v) is 4.85. The molecular formula is C8H11N5OS. The lowest BCUT2D eigenvalue weighted by Crippen LogP contribution is -2.09. The number of rotatable bonds is 3. The standard InChI is InChI=1S/C8H11N5OS/c1-12-6(2-3-9-12)4-13-7(5-14)10-11-8(13)15/h2-3,14H,4-5H2,1H3,(H,11,15). The molecule has 0 atom stereocenters. The monoisotopic (exact) mass is 225 g/mol. The van der Waals surface area contributed by atoms with E-state index in [2.05, 4.69) is 15.3 Å². The van der Waals surface area contributed by atoms with Crippen molar-refractivity contribution in [3.63, 3.8) is 0 Å². The average Bonchev–Trinajstić information content (AvgIpc) is 2.77. The second-order valence-electron chi connectivity index (χ2n) is 3.14. The Labute approximate surface area is 91.2 Å². The Morgan fingerprint density at radius 3 is 3.00 bits per heavy atom. The smallest absolute Gasteiger partial charge is 0.195 e. The van der Waals surface area contributed by atoms with Crippen LogP contribution in [0.25, 0.3) is 0 Å². The number of nitrogens with zero attached hydrogens (tertiary/aromatic N) is 4. The van der Waals surface area contributed by atoms with E-state index in [1.807, 2.05) is 13.1 Å². The quantitative estimate of drug-likeness (QED) is 0.733. The number of aliphatic hydroxyl groups excluding tert-OH is 1. The molecule has 2 aromatic heterocycles. The summed E-state index contributed by atoms with van der Waals surface area (Å²) in [6, 6.07) is 1.90. The van der Waals surface area contributed by atoms with Gasteiger partial charge in [0.25, 0.3) is 0 Å². The molecule has 7 heteroatoms. The molecule has 2 rings (SSSR count). The van der Waals surface area contributed by atoms with Crippen LogP contribution < -0.4 is 0 Å². The van der Waals surface area contributed by atoms with Crippen LogP contribution in [0.15, 0.2) is 12.3 Å². The molecule has 0 amide bonds. The molecule has 2 heterocycles. The minimum Gasteiger partial charge on any atom is -0.388 e. The van der Waals surface area contributed by atoms with Gasteiger partial charge in [0.2, 0.25) is 0 Å². The summed E-state index contributed by atoms with van der Waals surface area (Å²) in [4.78, 5) is 0. The number of aromatic amines is 1. The maximum Gasteiger partial charge on any atom is 0.195 e. The second-order valence-corrected chi connectivity index (χ2v) is 3.52. The number of H-pyrrole nitrogens is 1. The molecule has 2 N–H and O–H groups in total. The van der Waals surface area contributed by atoms with Crippen molar-refractivity contribution in [2.24, 2.45) is 7.05 Å². The molecule has 6 nitrogen and oxygen atoms in total. The summed E-state index contributed by atoms with van der Waals surface area (Å²) in [5, 5.41) is 19.7. The number of hydrogen-bond acceptors (Lipinski definition) is 4. The summed E-state index contributed by atoms with van der Waals surface area (Å²) in [7, 11) is 1.86. The minimum atomic E-state index is -0.134. The molecule has 0 spiro atoms. The predicted molar refractivity (Wildman–Crippen MR) is 55.6 cm³/mol. The summed E-state index contributed by atoms with van der Waals surface area (Å²) >= 11 is 5.06. The normalized spacial score (nSPS) is 10.8. The van der Waals surface area contributed by atoms with Crippen LogP contribution in [-0.4, -0.2) is 29.7 Å². The van der Waals surface area contributed by atoms with E-state index in [4.69, 9.17) is 17.3 Å². The van der Waals surface area contributed by atoms with Gasteiger partial charge >= 0.3 is 0 Å². The Balaban J connectivity index is 2.35. The Morgan fingerprint density at radius 1 is 1.60 bits per heavy atom. The summed E-state index contributed by atoms with van der Waals surface area (Å²) < 4.78 is 4.00. The molecule has 0 saturated heterocycles. The van der Waals surface area contributed by atoms with Gasteiger partial charge in [-0.3, -0.25) is 14.3 Å². The summed E-state index contributed by atoms with van der Waals surface area (Å²) in [5.74, 6) is 0.529.